The van der Waals surface area contributed by atoms with Gasteiger partial charge in [-0.25, -0.2) is 4.39 Å². The summed E-state index contributed by atoms with van der Waals surface area (Å²) in [6.07, 6.45) is 0.602. The molecular weight excluding hydrogens is 365 g/mol. The summed E-state index contributed by atoms with van der Waals surface area (Å²) in [5.41, 5.74) is -1.18. The number of rotatable bonds is 8. The molecule has 0 fully saturated rings. The molecule has 0 aliphatic carbocycles. The monoisotopic (exact) mass is 379 g/mol. The van der Waals surface area contributed by atoms with Gasteiger partial charge < -0.3 is 5.32 Å². The standard InChI is InChI=1S/C16H14FN3O5S/c17-12-2-4-15(5-3-12)26-7-1-6-18-16(21)11-8-13(19(22)23)10-14(9-11)20(24)25/h2-5,8-10H,1,6-7H2,(H,18,21). The van der Waals surface area contributed by atoms with Gasteiger partial charge in [0.1, 0.15) is 5.82 Å². The van der Waals surface area contributed by atoms with Crippen molar-refractivity contribution in [2.45, 2.75) is 11.3 Å². The molecule has 0 aliphatic rings. The van der Waals surface area contributed by atoms with E-state index >= 15 is 0 Å². The molecule has 8 nitrogen and oxygen atoms in total. The van der Waals surface area contributed by atoms with Crippen LogP contribution in [-0.4, -0.2) is 28.1 Å². The van der Waals surface area contributed by atoms with Gasteiger partial charge >= 0.3 is 0 Å². The van der Waals surface area contributed by atoms with Crippen molar-refractivity contribution in [1.29, 1.82) is 0 Å². The van der Waals surface area contributed by atoms with Gasteiger partial charge in [0, 0.05) is 23.6 Å². The molecule has 0 unspecified atom stereocenters. The number of halogens is 1. The molecule has 0 heterocycles. The predicted molar refractivity (Wildman–Crippen MR) is 93.8 cm³/mol. The predicted octanol–water partition coefficient (Wildman–Crippen LogP) is 3.55. The van der Waals surface area contributed by atoms with Crippen LogP contribution in [0.4, 0.5) is 15.8 Å². The molecule has 2 rings (SSSR count). The van der Waals surface area contributed by atoms with E-state index in [-0.39, 0.29) is 11.4 Å². The molecule has 2 aromatic rings. The van der Waals surface area contributed by atoms with Gasteiger partial charge in [0.2, 0.25) is 0 Å². The molecule has 1 N–H and O–H groups in total. The zero-order valence-electron chi connectivity index (χ0n) is 13.4. The van der Waals surface area contributed by atoms with Crippen LogP contribution in [0.1, 0.15) is 16.8 Å². The lowest BCUT2D eigenvalue weighted by atomic mass is 10.1. The normalized spacial score (nSPS) is 10.3. The molecule has 1 amide bonds. The maximum absolute atomic E-state index is 12.8. The number of hydrogen-bond donors (Lipinski definition) is 1. The highest BCUT2D eigenvalue weighted by atomic mass is 32.2. The molecule has 0 aliphatic heterocycles. The van der Waals surface area contributed by atoms with E-state index in [9.17, 15) is 29.4 Å². The van der Waals surface area contributed by atoms with Crippen molar-refractivity contribution >= 4 is 29.0 Å². The Morgan fingerprint density at radius 1 is 1.04 bits per heavy atom. The first kappa shape index (κ1) is 19.3. The Morgan fingerprint density at radius 3 is 2.15 bits per heavy atom. The number of nitro benzene ring substituents is 2. The maximum Gasteiger partial charge on any atom is 0.277 e. The molecule has 0 aromatic heterocycles. The number of non-ortho nitro benzene ring substituents is 2. The molecule has 2 aromatic carbocycles. The van der Waals surface area contributed by atoms with E-state index in [0.717, 1.165) is 23.1 Å². The Balaban J connectivity index is 1.88. The quantitative estimate of drug-likeness (QED) is 0.324. The van der Waals surface area contributed by atoms with Gasteiger partial charge in [-0.3, -0.25) is 25.0 Å². The molecule has 26 heavy (non-hydrogen) atoms. The number of carbonyl (C=O) groups is 1. The molecule has 10 heteroatoms. The van der Waals surface area contributed by atoms with Crippen LogP contribution in [0.3, 0.4) is 0 Å². The fourth-order valence-corrected chi connectivity index (χ4v) is 2.89. The summed E-state index contributed by atoms with van der Waals surface area (Å²) < 4.78 is 12.8. The smallest absolute Gasteiger partial charge is 0.277 e. The minimum absolute atomic E-state index is 0.142. The Bertz CT molecular complexity index is 797. The van der Waals surface area contributed by atoms with Crippen molar-refractivity contribution in [2.24, 2.45) is 0 Å². The van der Waals surface area contributed by atoms with Gasteiger partial charge in [-0.1, -0.05) is 0 Å². The highest BCUT2D eigenvalue weighted by Gasteiger charge is 2.19. The van der Waals surface area contributed by atoms with Crippen LogP contribution in [0.15, 0.2) is 47.4 Å². The number of carbonyl (C=O) groups excluding carboxylic acids is 1. The molecule has 0 atom stereocenters. The van der Waals surface area contributed by atoms with Crippen LogP contribution in [0.2, 0.25) is 0 Å². The van der Waals surface area contributed by atoms with Gasteiger partial charge in [-0.15, -0.1) is 11.8 Å². The zero-order valence-corrected chi connectivity index (χ0v) is 14.2. The lowest BCUT2D eigenvalue weighted by Crippen LogP contribution is -2.25. The Hall–Kier alpha value is -3.01. The Morgan fingerprint density at radius 2 is 1.62 bits per heavy atom. The second kappa shape index (κ2) is 8.90. The number of benzene rings is 2. The number of thioether (sulfide) groups is 1. The first-order valence-electron chi connectivity index (χ1n) is 7.47. The summed E-state index contributed by atoms with van der Waals surface area (Å²) in [4.78, 5) is 33.0. The van der Waals surface area contributed by atoms with Gasteiger partial charge in [0.15, 0.2) is 0 Å². The van der Waals surface area contributed by atoms with Gasteiger partial charge in [-0.05, 0) is 36.4 Å². The average molecular weight is 379 g/mol. The number of hydrogen-bond acceptors (Lipinski definition) is 6. The number of nitrogens with one attached hydrogen (secondary N) is 1. The van der Waals surface area contributed by atoms with Crippen LogP contribution in [0, 0.1) is 26.0 Å². The van der Waals surface area contributed by atoms with Crippen LogP contribution in [0.5, 0.6) is 0 Å². The van der Waals surface area contributed by atoms with E-state index in [2.05, 4.69) is 5.32 Å². The van der Waals surface area contributed by atoms with E-state index in [1.807, 2.05) is 0 Å². The first-order chi connectivity index (χ1) is 12.4. The van der Waals surface area contributed by atoms with Crippen molar-refractivity contribution in [3.05, 3.63) is 74.1 Å². The highest BCUT2D eigenvalue weighted by molar-refractivity contribution is 7.99. The molecule has 0 saturated carbocycles. The Labute approximate surface area is 151 Å². The minimum Gasteiger partial charge on any atom is -0.352 e. The highest BCUT2D eigenvalue weighted by Crippen LogP contribution is 2.23. The van der Waals surface area contributed by atoms with E-state index in [1.165, 1.54) is 23.9 Å². The van der Waals surface area contributed by atoms with Gasteiger partial charge in [-0.2, -0.15) is 0 Å². The second-order valence-electron chi connectivity index (χ2n) is 5.16. The number of amides is 1. The largest absolute Gasteiger partial charge is 0.352 e. The van der Waals surface area contributed by atoms with Gasteiger partial charge in [0.05, 0.1) is 21.5 Å². The summed E-state index contributed by atoms with van der Waals surface area (Å²) in [5, 5.41) is 24.2. The first-order valence-corrected chi connectivity index (χ1v) is 8.46. The van der Waals surface area contributed by atoms with E-state index < -0.39 is 27.1 Å². The van der Waals surface area contributed by atoms with Crippen molar-refractivity contribution < 1.29 is 19.0 Å². The second-order valence-corrected chi connectivity index (χ2v) is 6.33. The lowest BCUT2D eigenvalue weighted by Gasteiger charge is -2.06. The third-order valence-corrected chi connectivity index (χ3v) is 4.37. The summed E-state index contributed by atoms with van der Waals surface area (Å²) in [6, 6.07) is 8.82. The van der Waals surface area contributed by atoms with E-state index in [1.54, 1.807) is 12.1 Å². The van der Waals surface area contributed by atoms with Crippen LogP contribution < -0.4 is 5.32 Å². The Kier molecular flexibility index (Phi) is 6.61. The molecule has 136 valence electrons. The molecule has 0 spiro atoms. The minimum atomic E-state index is -0.789. The fraction of sp³-hybridized carbons (Fsp3) is 0.188. The molecule has 0 radical (unpaired) electrons. The lowest BCUT2D eigenvalue weighted by molar-refractivity contribution is -0.394. The summed E-state index contributed by atoms with van der Waals surface area (Å²) >= 11 is 1.49. The maximum atomic E-state index is 12.8. The van der Waals surface area contributed by atoms with Crippen LogP contribution >= 0.6 is 11.8 Å². The summed E-state index contributed by atoms with van der Waals surface area (Å²) in [5.74, 6) is -0.266. The average Bonchev–Trinajstić information content (AvgIpc) is 2.62. The van der Waals surface area contributed by atoms with Crippen LogP contribution in [-0.2, 0) is 0 Å². The summed E-state index contributed by atoms with van der Waals surface area (Å²) in [6.45, 7) is 0.295. The van der Waals surface area contributed by atoms with Gasteiger partial charge in [0.25, 0.3) is 17.3 Å². The molecule has 0 saturated heterocycles. The van der Waals surface area contributed by atoms with Crippen molar-refractivity contribution in [2.75, 3.05) is 12.3 Å². The van der Waals surface area contributed by atoms with Crippen molar-refractivity contribution in [1.82, 2.24) is 5.32 Å². The van der Waals surface area contributed by atoms with Crippen molar-refractivity contribution in [3.63, 3.8) is 0 Å². The molecular formula is C16H14FN3O5S. The SMILES string of the molecule is O=C(NCCCSc1ccc(F)cc1)c1cc([N+](=O)[O-])cc([N+](=O)[O-])c1. The number of nitrogens with zero attached hydrogens (tertiary/aromatic N) is 2. The number of nitro groups is 2. The zero-order chi connectivity index (χ0) is 19.1. The van der Waals surface area contributed by atoms with E-state index in [4.69, 9.17) is 0 Å². The summed E-state index contributed by atoms with van der Waals surface area (Å²) in [7, 11) is 0. The fourth-order valence-electron chi connectivity index (χ4n) is 2.03. The third-order valence-electron chi connectivity index (χ3n) is 3.28. The van der Waals surface area contributed by atoms with E-state index in [0.29, 0.717) is 18.7 Å². The topological polar surface area (TPSA) is 115 Å². The third kappa shape index (κ3) is 5.52. The molecule has 0 bridgehead atoms. The van der Waals surface area contributed by atoms with Crippen molar-refractivity contribution in [3.8, 4) is 0 Å². The van der Waals surface area contributed by atoms with Crippen LogP contribution in [0.25, 0.3) is 0 Å².